The van der Waals surface area contributed by atoms with Gasteiger partial charge >= 0.3 is 0 Å². The van der Waals surface area contributed by atoms with E-state index in [-0.39, 0.29) is 5.60 Å². The van der Waals surface area contributed by atoms with E-state index < -0.39 is 0 Å². The second-order valence-corrected chi connectivity index (χ2v) is 7.99. The van der Waals surface area contributed by atoms with Gasteiger partial charge in [-0.25, -0.2) is 4.98 Å². The van der Waals surface area contributed by atoms with E-state index in [0.29, 0.717) is 12.0 Å². The van der Waals surface area contributed by atoms with Gasteiger partial charge in [0.05, 0.1) is 10.6 Å². The minimum absolute atomic E-state index is 0.126. The molecule has 4 nitrogen and oxygen atoms in total. The van der Waals surface area contributed by atoms with E-state index in [4.69, 9.17) is 10.6 Å². The fourth-order valence-corrected chi connectivity index (χ4v) is 5.53. The van der Waals surface area contributed by atoms with E-state index in [1.807, 2.05) is 18.7 Å². The molecule has 0 aromatic carbocycles. The molecule has 2 fully saturated rings. The monoisotopic (exact) mass is 313 g/mol. The smallest absolute Gasteiger partial charge is 0.0944 e. The second kappa shape index (κ2) is 6.32. The maximum absolute atomic E-state index is 6.10. The molecule has 2 aliphatic rings. The molecule has 6 heteroatoms. The van der Waals surface area contributed by atoms with Gasteiger partial charge in [-0.2, -0.15) is 11.8 Å². The maximum Gasteiger partial charge on any atom is 0.0944 e. The molecule has 2 aliphatic heterocycles. The van der Waals surface area contributed by atoms with Gasteiger partial charge in [0.25, 0.3) is 0 Å². The number of hydrogen-bond donors (Lipinski definition) is 2. The number of hydrazine groups is 1. The Morgan fingerprint density at radius 2 is 2.55 bits per heavy atom. The molecule has 0 aliphatic carbocycles. The zero-order chi connectivity index (χ0) is 14.0. The molecule has 3 N–H and O–H groups in total. The minimum atomic E-state index is 0.126. The summed E-state index contributed by atoms with van der Waals surface area (Å²) in [5.41, 5.74) is 4.27. The van der Waals surface area contributed by atoms with E-state index >= 15 is 0 Å². The van der Waals surface area contributed by atoms with Gasteiger partial charge in [0, 0.05) is 35.9 Å². The summed E-state index contributed by atoms with van der Waals surface area (Å²) in [5, 5.41) is 3.30. The van der Waals surface area contributed by atoms with Crippen LogP contribution in [-0.2, 0) is 11.2 Å². The van der Waals surface area contributed by atoms with Crippen LogP contribution in [0.15, 0.2) is 5.38 Å². The van der Waals surface area contributed by atoms with Gasteiger partial charge in [-0.1, -0.05) is 0 Å². The van der Waals surface area contributed by atoms with E-state index in [1.54, 1.807) is 11.3 Å². The number of aryl methyl sites for hydroxylation is 1. The number of hydrogen-bond acceptors (Lipinski definition) is 6. The van der Waals surface area contributed by atoms with Gasteiger partial charge in [-0.3, -0.25) is 11.3 Å². The van der Waals surface area contributed by atoms with Gasteiger partial charge in [-0.05, 0) is 37.9 Å². The summed E-state index contributed by atoms with van der Waals surface area (Å²) in [6.07, 6.45) is 4.37. The number of thioether (sulfide) groups is 1. The number of rotatable bonds is 4. The van der Waals surface area contributed by atoms with Crippen LogP contribution in [-0.4, -0.2) is 34.7 Å². The van der Waals surface area contributed by atoms with Crippen LogP contribution >= 0.6 is 23.1 Å². The molecule has 3 atom stereocenters. The largest absolute Gasteiger partial charge is 0.374 e. The molecule has 112 valence electrons. The van der Waals surface area contributed by atoms with Crippen molar-refractivity contribution in [3.63, 3.8) is 0 Å². The Bertz CT molecular complexity index is 445. The van der Waals surface area contributed by atoms with Crippen molar-refractivity contribution in [2.45, 2.75) is 44.2 Å². The molecular formula is C14H23N3OS2. The van der Waals surface area contributed by atoms with Crippen LogP contribution < -0.4 is 11.3 Å². The van der Waals surface area contributed by atoms with Crippen molar-refractivity contribution in [1.82, 2.24) is 10.4 Å². The van der Waals surface area contributed by atoms with Gasteiger partial charge < -0.3 is 4.74 Å². The Kier molecular flexibility index (Phi) is 4.67. The Labute approximate surface area is 128 Å². The van der Waals surface area contributed by atoms with Crippen LogP contribution in [0.3, 0.4) is 0 Å². The number of nitrogens with two attached hydrogens (primary N) is 1. The summed E-state index contributed by atoms with van der Waals surface area (Å²) >= 11 is 3.76. The summed E-state index contributed by atoms with van der Waals surface area (Å²) in [7, 11) is 0. The predicted octanol–water partition coefficient (Wildman–Crippen LogP) is 2.13. The summed E-state index contributed by atoms with van der Waals surface area (Å²) < 4.78 is 6.10. The van der Waals surface area contributed by atoms with Crippen LogP contribution in [0.4, 0.5) is 0 Å². The third-order valence-electron chi connectivity index (χ3n) is 4.44. The lowest BCUT2D eigenvalue weighted by atomic mass is 9.80. The fourth-order valence-electron chi connectivity index (χ4n) is 3.32. The molecule has 0 bridgehead atoms. The molecule has 3 heterocycles. The quantitative estimate of drug-likeness (QED) is 0.659. The molecule has 20 heavy (non-hydrogen) atoms. The predicted molar refractivity (Wildman–Crippen MR) is 85.0 cm³/mol. The highest BCUT2D eigenvalue weighted by Gasteiger charge is 2.42. The molecule has 1 aromatic rings. The van der Waals surface area contributed by atoms with Gasteiger partial charge in [0.15, 0.2) is 0 Å². The highest BCUT2D eigenvalue weighted by molar-refractivity contribution is 7.99. The van der Waals surface area contributed by atoms with Crippen LogP contribution in [0.25, 0.3) is 0 Å². The number of thiazole rings is 1. The normalized spacial score (nSPS) is 31.8. The average Bonchev–Trinajstić information content (AvgIpc) is 3.06. The standard InChI is InChI=1S/C14H23N3OS2/c1-10-8-20-13(16-10)6-12(17-15)11-2-4-18-14(7-11)3-5-19-9-14/h8,11-12,17H,2-7,9,15H2,1H3. The van der Waals surface area contributed by atoms with Crippen LogP contribution in [0, 0.1) is 12.8 Å². The Balaban J connectivity index is 1.65. The lowest BCUT2D eigenvalue weighted by Crippen LogP contribution is -2.49. The molecule has 1 aromatic heterocycles. The third-order valence-corrected chi connectivity index (χ3v) is 6.65. The summed E-state index contributed by atoms with van der Waals surface area (Å²) in [6, 6.07) is 0.312. The molecule has 3 unspecified atom stereocenters. The van der Waals surface area contributed by atoms with Crippen molar-refractivity contribution >= 4 is 23.1 Å². The third kappa shape index (κ3) is 3.20. The van der Waals surface area contributed by atoms with E-state index in [2.05, 4.69) is 15.8 Å². The van der Waals surface area contributed by atoms with Gasteiger partial charge in [-0.15, -0.1) is 11.3 Å². The summed E-state index contributed by atoms with van der Waals surface area (Å²) in [6.45, 7) is 2.92. The van der Waals surface area contributed by atoms with Crippen molar-refractivity contribution in [2.75, 3.05) is 18.1 Å². The second-order valence-electron chi connectivity index (χ2n) is 5.95. The van der Waals surface area contributed by atoms with Gasteiger partial charge in [0.2, 0.25) is 0 Å². The molecule has 0 amide bonds. The summed E-state index contributed by atoms with van der Waals surface area (Å²) in [5.74, 6) is 8.81. The van der Waals surface area contributed by atoms with Gasteiger partial charge in [0.1, 0.15) is 0 Å². The molecule has 2 saturated heterocycles. The van der Waals surface area contributed by atoms with E-state index in [0.717, 1.165) is 37.3 Å². The van der Waals surface area contributed by atoms with Crippen LogP contribution in [0.5, 0.6) is 0 Å². The van der Waals surface area contributed by atoms with Crippen molar-refractivity contribution < 1.29 is 4.74 Å². The number of nitrogens with one attached hydrogen (secondary N) is 1. The first-order chi connectivity index (χ1) is 9.71. The SMILES string of the molecule is Cc1csc(CC(NN)C2CCOC3(CCSC3)C2)n1. The van der Waals surface area contributed by atoms with Crippen molar-refractivity contribution in [3.05, 3.63) is 16.1 Å². The molecule has 3 rings (SSSR count). The van der Waals surface area contributed by atoms with E-state index in [1.165, 1.54) is 17.2 Å². The van der Waals surface area contributed by atoms with E-state index in [9.17, 15) is 0 Å². The number of ether oxygens (including phenoxy) is 1. The summed E-state index contributed by atoms with van der Waals surface area (Å²) in [4.78, 5) is 4.57. The van der Waals surface area contributed by atoms with Crippen molar-refractivity contribution in [2.24, 2.45) is 11.8 Å². The topological polar surface area (TPSA) is 60.2 Å². The Morgan fingerprint density at radius 1 is 1.65 bits per heavy atom. The first-order valence-corrected chi connectivity index (χ1v) is 9.33. The van der Waals surface area contributed by atoms with Crippen LogP contribution in [0.2, 0.25) is 0 Å². The minimum Gasteiger partial charge on any atom is -0.374 e. The lowest BCUT2D eigenvalue weighted by Gasteiger charge is -2.40. The highest BCUT2D eigenvalue weighted by Crippen LogP contribution is 2.41. The van der Waals surface area contributed by atoms with Crippen molar-refractivity contribution in [1.29, 1.82) is 0 Å². The number of nitrogens with zero attached hydrogens (tertiary/aromatic N) is 1. The molecule has 0 saturated carbocycles. The van der Waals surface area contributed by atoms with Crippen LogP contribution in [0.1, 0.15) is 30.0 Å². The average molecular weight is 313 g/mol. The zero-order valence-corrected chi connectivity index (χ0v) is 13.6. The maximum atomic E-state index is 6.10. The fraction of sp³-hybridized carbons (Fsp3) is 0.786. The van der Waals surface area contributed by atoms with Crippen molar-refractivity contribution in [3.8, 4) is 0 Å². The molecule has 0 radical (unpaired) electrons. The molecular weight excluding hydrogens is 290 g/mol. The highest BCUT2D eigenvalue weighted by atomic mass is 32.2. The zero-order valence-electron chi connectivity index (χ0n) is 11.9. The lowest BCUT2D eigenvalue weighted by molar-refractivity contribution is -0.0850. The molecule has 1 spiro atoms. The first-order valence-electron chi connectivity index (χ1n) is 7.30. The number of aromatic nitrogens is 1. The first kappa shape index (κ1) is 14.8. The Hall–Kier alpha value is -0.140. The Morgan fingerprint density at radius 3 is 3.20 bits per heavy atom.